The van der Waals surface area contributed by atoms with Crippen LogP contribution in [-0.4, -0.2) is 20.2 Å². The van der Waals surface area contributed by atoms with Crippen LogP contribution >= 0.6 is 0 Å². The average molecular weight is 281 g/mol. The van der Waals surface area contributed by atoms with Crippen LogP contribution in [0.25, 0.3) is 11.8 Å². The van der Waals surface area contributed by atoms with Crippen molar-refractivity contribution in [1.82, 2.24) is 5.32 Å². The highest BCUT2D eigenvalue weighted by molar-refractivity contribution is 5.77. The van der Waals surface area contributed by atoms with E-state index in [9.17, 15) is 0 Å². The molecule has 1 N–H and O–H groups in total. The number of unbranched alkanes of at least 4 members (excludes halogenated alkanes) is 1. The predicted molar refractivity (Wildman–Crippen MR) is 89.9 cm³/mol. The summed E-state index contributed by atoms with van der Waals surface area (Å²) in [7, 11) is 1.98. The van der Waals surface area contributed by atoms with Gasteiger partial charge in [0.15, 0.2) is 0 Å². The highest BCUT2D eigenvalue weighted by Gasteiger charge is 2.02. The van der Waals surface area contributed by atoms with Gasteiger partial charge in [-0.2, -0.15) is 0 Å². The van der Waals surface area contributed by atoms with E-state index < -0.39 is 0 Å². The van der Waals surface area contributed by atoms with Gasteiger partial charge in [0.1, 0.15) is 5.76 Å². The molecule has 2 aromatic rings. The number of ether oxygens (including phenoxy) is 1. The molecule has 0 saturated carbocycles. The molecule has 0 spiro atoms. The lowest BCUT2D eigenvalue weighted by Crippen LogP contribution is -2.08. The quantitative estimate of drug-likeness (QED) is 0.445. The second kappa shape index (κ2) is 8.98. The molecule has 0 aliphatic carbocycles. The molecule has 0 atom stereocenters. The van der Waals surface area contributed by atoms with Crippen LogP contribution in [0.3, 0.4) is 0 Å². The number of rotatable bonds is 8. The van der Waals surface area contributed by atoms with E-state index in [0.29, 0.717) is 0 Å². The van der Waals surface area contributed by atoms with E-state index in [-0.39, 0.29) is 0 Å². The summed E-state index contributed by atoms with van der Waals surface area (Å²) < 4.78 is 6.01. The van der Waals surface area contributed by atoms with Crippen LogP contribution in [0.5, 0.6) is 0 Å². The molecule has 0 unspecified atom stereocenters. The minimum atomic E-state index is 0.745. The molecule has 0 radical (unpaired) electrons. The van der Waals surface area contributed by atoms with Crippen LogP contribution in [0.2, 0.25) is 0 Å². The van der Waals surface area contributed by atoms with Gasteiger partial charge in [-0.3, -0.25) is 0 Å². The minimum Gasteiger partial charge on any atom is -0.493 e. The first-order valence-corrected chi connectivity index (χ1v) is 7.50. The third-order valence-corrected chi connectivity index (χ3v) is 3.23. The fourth-order valence-corrected chi connectivity index (χ4v) is 2.10. The molecule has 0 amide bonds. The SMILES string of the molecule is CNCCCCOC(=Cc1ccccc1)c1ccccc1. The first kappa shape index (κ1) is 15.3. The zero-order valence-electron chi connectivity index (χ0n) is 12.6. The number of benzene rings is 2. The lowest BCUT2D eigenvalue weighted by atomic mass is 10.1. The number of nitrogens with one attached hydrogen (secondary N) is 1. The maximum Gasteiger partial charge on any atom is 0.127 e. The van der Waals surface area contributed by atoms with Crippen LogP contribution < -0.4 is 5.32 Å². The van der Waals surface area contributed by atoms with Crippen molar-refractivity contribution in [3.8, 4) is 0 Å². The van der Waals surface area contributed by atoms with Crippen LogP contribution in [-0.2, 0) is 4.74 Å². The highest BCUT2D eigenvalue weighted by Crippen LogP contribution is 2.19. The van der Waals surface area contributed by atoms with Crippen molar-refractivity contribution in [2.24, 2.45) is 0 Å². The van der Waals surface area contributed by atoms with Crippen molar-refractivity contribution < 1.29 is 4.74 Å². The van der Waals surface area contributed by atoms with Gasteiger partial charge >= 0.3 is 0 Å². The molecule has 0 fully saturated rings. The van der Waals surface area contributed by atoms with E-state index in [1.165, 1.54) is 0 Å². The third kappa shape index (κ3) is 5.44. The molecule has 0 bridgehead atoms. The Kier molecular flexibility index (Phi) is 6.56. The number of hydrogen-bond donors (Lipinski definition) is 1. The van der Waals surface area contributed by atoms with Crippen LogP contribution in [0.1, 0.15) is 24.0 Å². The van der Waals surface area contributed by atoms with Gasteiger partial charge in [-0.05, 0) is 38.1 Å². The van der Waals surface area contributed by atoms with Crippen molar-refractivity contribution >= 4 is 11.8 Å². The van der Waals surface area contributed by atoms with Gasteiger partial charge in [0, 0.05) is 5.56 Å². The average Bonchev–Trinajstić information content (AvgIpc) is 2.55. The molecule has 21 heavy (non-hydrogen) atoms. The zero-order valence-corrected chi connectivity index (χ0v) is 12.6. The summed E-state index contributed by atoms with van der Waals surface area (Å²) in [4.78, 5) is 0. The van der Waals surface area contributed by atoms with E-state index in [1.807, 2.05) is 43.4 Å². The smallest absolute Gasteiger partial charge is 0.127 e. The lowest BCUT2D eigenvalue weighted by Gasteiger charge is -2.11. The summed E-state index contributed by atoms with van der Waals surface area (Å²) >= 11 is 0. The summed E-state index contributed by atoms with van der Waals surface area (Å²) in [6.07, 6.45) is 4.29. The Morgan fingerprint density at radius 3 is 2.29 bits per heavy atom. The van der Waals surface area contributed by atoms with Gasteiger partial charge in [-0.15, -0.1) is 0 Å². The molecule has 110 valence electrons. The van der Waals surface area contributed by atoms with Gasteiger partial charge in [-0.1, -0.05) is 60.7 Å². The van der Waals surface area contributed by atoms with Crippen molar-refractivity contribution in [3.63, 3.8) is 0 Å². The van der Waals surface area contributed by atoms with Crippen molar-refractivity contribution in [1.29, 1.82) is 0 Å². The second-order valence-electron chi connectivity index (χ2n) is 4.94. The molecular formula is C19H23NO. The summed E-state index contributed by atoms with van der Waals surface area (Å²) in [6, 6.07) is 20.6. The van der Waals surface area contributed by atoms with Crippen molar-refractivity contribution in [3.05, 3.63) is 71.8 Å². The first-order valence-electron chi connectivity index (χ1n) is 7.50. The molecule has 0 saturated heterocycles. The van der Waals surface area contributed by atoms with Crippen molar-refractivity contribution in [2.45, 2.75) is 12.8 Å². The van der Waals surface area contributed by atoms with E-state index in [2.05, 4.69) is 35.7 Å². The Bertz CT molecular complexity index is 534. The molecule has 0 aromatic heterocycles. The molecule has 2 nitrogen and oxygen atoms in total. The summed E-state index contributed by atoms with van der Waals surface area (Å²) in [5.74, 6) is 0.936. The fourth-order valence-electron chi connectivity index (χ4n) is 2.10. The normalized spacial score (nSPS) is 11.4. The van der Waals surface area contributed by atoms with E-state index in [1.54, 1.807) is 0 Å². The van der Waals surface area contributed by atoms with E-state index in [4.69, 9.17) is 4.74 Å². The minimum absolute atomic E-state index is 0.745. The topological polar surface area (TPSA) is 21.3 Å². The predicted octanol–water partition coefficient (Wildman–Crippen LogP) is 4.20. The highest BCUT2D eigenvalue weighted by atomic mass is 16.5. The molecule has 0 aliphatic rings. The third-order valence-electron chi connectivity index (χ3n) is 3.23. The van der Waals surface area contributed by atoms with Gasteiger partial charge in [-0.25, -0.2) is 0 Å². The standard InChI is InChI=1S/C19H23NO/c1-20-14-8-9-15-21-19(18-12-6-3-7-13-18)16-17-10-4-2-5-11-17/h2-7,10-13,16,20H,8-9,14-15H2,1H3. The lowest BCUT2D eigenvalue weighted by molar-refractivity contribution is 0.270. The fraction of sp³-hybridized carbons (Fsp3) is 0.263. The Labute approximate surface area is 127 Å². The van der Waals surface area contributed by atoms with Gasteiger partial charge < -0.3 is 10.1 Å². The first-order chi connectivity index (χ1) is 10.4. The molecule has 2 rings (SSSR count). The van der Waals surface area contributed by atoms with Gasteiger partial charge in [0.2, 0.25) is 0 Å². The Balaban J connectivity index is 2.06. The van der Waals surface area contributed by atoms with E-state index in [0.717, 1.165) is 42.9 Å². The molecule has 2 heteroatoms. The van der Waals surface area contributed by atoms with Crippen molar-refractivity contribution in [2.75, 3.05) is 20.2 Å². The monoisotopic (exact) mass is 281 g/mol. The van der Waals surface area contributed by atoms with Gasteiger partial charge in [0.05, 0.1) is 6.61 Å². The molecule has 0 aliphatic heterocycles. The zero-order chi connectivity index (χ0) is 14.8. The molecule has 0 heterocycles. The molecular weight excluding hydrogens is 258 g/mol. The largest absolute Gasteiger partial charge is 0.493 e. The van der Waals surface area contributed by atoms with Gasteiger partial charge in [0.25, 0.3) is 0 Å². The number of hydrogen-bond acceptors (Lipinski definition) is 2. The van der Waals surface area contributed by atoms with E-state index >= 15 is 0 Å². The molecule has 2 aromatic carbocycles. The Morgan fingerprint density at radius 1 is 0.952 bits per heavy atom. The van der Waals surface area contributed by atoms with Crippen LogP contribution in [0.4, 0.5) is 0 Å². The summed E-state index contributed by atoms with van der Waals surface area (Å²) in [5.41, 5.74) is 2.28. The Morgan fingerprint density at radius 2 is 1.62 bits per heavy atom. The Hall–Kier alpha value is -2.06. The summed E-state index contributed by atoms with van der Waals surface area (Å²) in [6.45, 7) is 1.78. The maximum absolute atomic E-state index is 6.01. The second-order valence-corrected chi connectivity index (χ2v) is 4.94. The van der Waals surface area contributed by atoms with Crippen LogP contribution in [0, 0.1) is 0 Å². The summed E-state index contributed by atoms with van der Waals surface area (Å²) in [5, 5.41) is 3.16. The van der Waals surface area contributed by atoms with Crippen LogP contribution in [0.15, 0.2) is 60.7 Å². The maximum atomic E-state index is 6.01.